The molecule has 0 aromatic carbocycles. The van der Waals surface area contributed by atoms with Gasteiger partial charge in [0.15, 0.2) is 0 Å². The summed E-state index contributed by atoms with van der Waals surface area (Å²) in [5, 5.41) is 8.68. The Kier molecular flexibility index (Phi) is 4.00. The van der Waals surface area contributed by atoms with E-state index in [0.717, 1.165) is 0 Å². The van der Waals surface area contributed by atoms with Crippen molar-refractivity contribution in [1.82, 2.24) is 0 Å². The van der Waals surface area contributed by atoms with Crippen molar-refractivity contribution in [1.29, 1.82) is 0 Å². The Morgan fingerprint density at radius 3 is 2.23 bits per heavy atom. The number of carboxylic acids is 1. The average molecular weight is 182 g/mol. The van der Waals surface area contributed by atoms with Crippen LogP contribution in [0.2, 0.25) is 0 Å². The van der Waals surface area contributed by atoms with Gasteiger partial charge in [0, 0.05) is 5.57 Å². The molecule has 1 aliphatic carbocycles. The highest BCUT2D eigenvalue weighted by Gasteiger charge is 2.15. The van der Waals surface area contributed by atoms with Crippen LogP contribution in [0.1, 0.15) is 44.9 Å². The van der Waals surface area contributed by atoms with E-state index in [-0.39, 0.29) is 0 Å². The number of carbonyl (C=O) groups is 1. The maximum atomic E-state index is 10.6. The number of hydrogen-bond donors (Lipinski definition) is 1. The summed E-state index contributed by atoms with van der Waals surface area (Å²) in [4.78, 5) is 10.6. The molecule has 0 radical (unpaired) electrons. The van der Waals surface area contributed by atoms with Crippen LogP contribution in [0.5, 0.6) is 0 Å². The molecule has 0 aromatic heterocycles. The first-order valence-electron chi connectivity index (χ1n) is 5.11. The maximum Gasteiger partial charge on any atom is 0.330 e. The maximum absolute atomic E-state index is 10.6. The van der Waals surface area contributed by atoms with E-state index in [1.807, 2.05) is 0 Å². The van der Waals surface area contributed by atoms with Gasteiger partial charge in [-0.05, 0) is 12.3 Å². The first kappa shape index (κ1) is 10.3. The van der Waals surface area contributed by atoms with E-state index in [9.17, 15) is 4.79 Å². The lowest BCUT2D eigenvalue weighted by Crippen LogP contribution is -2.06. The Labute approximate surface area is 79.6 Å². The highest BCUT2D eigenvalue weighted by molar-refractivity contribution is 5.85. The van der Waals surface area contributed by atoms with Crippen molar-refractivity contribution < 1.29 is 9.90 Å². The molecule has 0 heterocycles. The average Bonchev–Trinajstić information content (AvgIpc) is 2.32. The van der Waals surface area contributed by atoms with E-state index in [0.29, 0.717) is 17.9 Å². The fraction of sp³-hybridized carbons (Fsp3) is 0.727. The predicted octanol–water partition coefficient (Wildman–Crippen LogP) is 2.99. The van der Waals surface area contributed by atoms with Crippen LogP contribution in [0.15, 0.2) is 12.2 Å². The van der Waals surface area contributed by atoms with Crippen molar-refractivity contribution >= 4 is 5.97 Å². The zero-order valence-electron chi connectivity index (χ0n) is 8.09. The van der Waals surface area contributed by atoms with Gasteiger partial charge < -0.3 is 5.11 Å². The Hall–Kier alpha value is -0.790. The van der Waals surface area contributed by atoms with Gasteiger partial charge in [-0.3, -0.25) is 0 Å². The molecule has 0 saturated heterocycles. The van der Waals surface area contributed by atoms with Crippen LogP contribution in [0.3, 0.4) is 0 Å². The molecule has 0 aliphatic heterocycles. The summed E-state index contributed by atoms with van der Waals surface area (Å²) in [6, 6.07) is 0. The van der Waals surface area contributed by atoms with E-state index in [1.165, 1.54) is 38.5 Å². The molecule has 1 rings (SSSR count). The molecule has 0 unspecified atom stereocenters. The third kappa shape index (κ3) is 3.62. The van der Waals surface area contributed by atoms with Crippen molar-refractivity contribution in [3.8, 4) is 0 Å². The normalized spacial score (nSPS) is 19.4. The van der Waals surface area contributed by atoms with Crippen LogP contribution < -0.4 is 0 Å². The van der Waals surface area contributed by atoms with Crippen LogP contribution >= 0.6 is 0 Å². The molecule has 0 aromatic rings. The van der Waals surface area contributed by atoms with E-state index in [1.54, 1.807) is 0 Å². The van der Waals surface area contributed by atoms with E-state index in [2.05, 4.69) is 6.58 Å². The minimum absolute atomic E-state index is 0.381. The molecule has 74 valence electrons. The Morgan fingerprint density at radius 2 is 1.77 bits per heavy atom. The molecule has 2 nitrogen and oxygen atoms in total. The summed E-state index contributed by atoms with van der Waals surface area (Å²) in [7, 11) is 0. The second-order valence-corrected chi connectivity index (χ2v) is 3.97. The summed E-state index contributed by atoms with van der Waals surface area (Å²) >= 11 is 0. The molecule has 1 aliphatic rings. The van der Waals surface area contributed by atoms with Gasteiger partial charge in [-0.2, -0.15) is 0 Å². The van der Waals surface area contributed by atoms with Gasteiger partial charge in [-0.1, -0.05) is 45.1 Å². The standard InChI is InChI=1S/C11H18O2/c1-9(11(12)13)8-10-6-4-2-3-5-7-10/h10H,1-8H2,(H,12,13). The van der Waals surface area contributed by atoms with Crippen molar-refractivity contribution in [2.45, 2.75) is 44.9 Å². The van der Waals surface area contributed by atoms with E-state index < -0.39 is 5.97 Å². The topological polar surface area (TPSA) is 37.3 Å². The SMILES string of the molecule is C=C(CC1CCCCCC1)C(=O)O. The minimum Gasteiger partial charge on any atom is -0.478 e. The molecule has 2 heteroatoms. The number of carboxylic acid groups (broad SMARTS) is 1. The fourth-order valence-corrected chi connectivity index (χ4v) is 2.00. The monoisotopic (exact) mass is 182 g/mol. The molecule has 1 fully saturated rings. The Balaban J connectivity index is 2.33. The van der Waals surface area contributed by atoms with Gasteiger partial charge in [0.2, 0.25) is 0 Å². The number of rotatable bonds is 3. The molecular weight excluding hydrogens is 164 g/mol. The van der Waals surface area contributed by atoms with Gasteiger partial charge in [-0.25, -0.2) is 4.79 Å². The second-order valence-electron chi connectivity index (χ2n) is 3.97. The van der Waals surface area contributed by atoms with Gasteiger partial charge >= 0.3 is 5.97 Å². The smallest absolute Gasteiger partial charge is 0.330 e. The number of hydrogen-bond acceptors (Lipinski definition) is 1. The third-order valence-corrected chi connectivity index (χ3v) is 2.81. The van der Waals surface area contributed by atoms with Gasteiger partial charge in [-0.15, -0.1) is 0 Å². The lowest BCUT2D eigenvalue weighted by atomic mass is 9.93. The van der Waals surface area contributed by atoms with Crippen molar-refractivity contribution in [2.75, 3.05) is 0 Å². The quantitative estimate of drug-likeness (QED) is 0.538. The molecular formula is C11H18O2. The van der Waals surface area contributed by atoms with E-state index >= 15 is 0 Å². The first-order valence-corrected chi connectivity index (χ1v) is 5.11. The zero-order chi connectivity index (χ0) is 9.68. The van der Waals surface area contributed by atoms with Crippen LogP contribution in [0.4, 0.5) is 0 Å². The summed E-state index contributed by atoms with van der Waals surface area (Å²) < 4.78 is 0. The van der Waals surface area contributed by atoms with Crippen molar-refractivity contribution in [2.24, 2.45) is 5.92 Å². The lowest BCUT2D eigenvalue weighted by Gasteiger charge is -2.12. The molecule has 0 bridgehead atoms. The van der Waals surface area contributed by atoms with Crippen molar-refractivity contribution in [3.05, 3.63) is 12.2 Å². The Morgan fingerprint density at radius 1 is 1.23 bits per heavy atom. The van der Waals surface area contributed by atoms with Crippen LogP contribution in [0, 0.1) is 5.92 Å². The zero-order valence-corrected chi connectivity index (χ0v) is 8.09. The summed E-state index contributed by atoms with van der Waals surface area (Å²) in [6.45, 7) is 3.58. The van der Waals surface area contributed by atoms with Crippen LogP contribution in [-0.2, 0) is 4.79 Å². The highest BCUT2D eigenvalue weighted by Crippen LogP contribution is 2.27. The van der Waals surface area contributed by atoms with Crippen LogP contribution in [-0.4, -0.2) is 11.1 Å². The summed E-state index contributed by atoms with van der Waals surface area (Å²) in [5.41, 5.74) is 0.381. The number of aliphatic carboxylic acids is 1. The van der Waals surface area contributed by atoms with E-state index in [4.69, 9.17) is 5.11 Å². The molecule has 1 N–H and O–H groups in total. The Bertz CT molecular complexity index is 188. The fourth-order valence-electron chi connectivity index (χ4n) is 2.00. The predicted molar refractivity (Wildman–Crippen MR) is 52.6 cm³/mol. The van der Waals surface area contributed by atoms with Gasteiger partial charge in [0.05, 0.1) is 0 Å². The van der Waals surface area contributed by atoms with Gasteiger partial charge in [0.1, 0.15) is 0 Å². The highest BCUT2D eigenvalue weighted by atomic mass is 16.4. The molecule has 0 spiro atoms. The third-order valence-electron chi connectivity index (χ3n) is 2.81. The van der Waals surface area contributed by atoms with Gasteiger partial charge in [0.25, 0.3) is 0 Å². The second kappa shape index (κ2) is 5.05. The first-order chi connectivity index (χ1) is 6.20. The van der Waals surface area contributed by atoms with Crippen LogP contribution in [0.25, 0.3) is 0 Å². The summed E-state index contributed by atoms with van der Waals surface area (Å²) in [6.07, 6.45) is 8.22. The molecule has 1 saturated carbocycles. The van der Waals surface area contributed by atoms with Crippen molar-refractivity contribution in [3.63, 3.8) is 0 Å². The molecule has 13 heavy (non-hydrogen) atoms. The molecule has 0 atom stereocenters. The molecule has 0 amide bonds. The minimum atomic E-state index is -0.829. The largest absolute Gasteiger partial charge is 0.478 e. The summed E-state index contributed by atoms with van der Waals surface area (Å²) in [5.74, 6) is -0.254. The lowest BCUT2D eigenvalue weighted by molar-refractivity contribution is -0.132.